The van der Waals surface area contributed by atoms with Gasteiger partial charge >= 0.3 is 0 Å². The fraction of sp³-hybridized carbons (Fsp3) is 0. The number of hydrogen-bond acceptors (Lipinski definition) is 5. The molecule has 3 aromatic rings. The Morgan fingerprint density at radius 3 is 2.46 bits per heavy atom. The molecule has 0 spiro atoms. The minimum atomic E-state index is -3.74. The molecule has 24 heavy (non-hydrogen) atoms. The predicted molar refractivity (Wildman–Crippen MR) is 93.3 cm³/mol. The van der Waals surface area contributed by atoms with Crippen LogP contribution in [0, 0.1) is 0 Å². The van der Waals surface area contributed by atoms with Crippen molar-refractivity contribution in [3.05, 3.63) is 58.4 Å². The summed E-state index contributed by atoms with van der Waals surface area (Å²) in [5, 5.41) is 9.89. The smallest absolute Gasteiger partial charge is 0.284 e. The van der Waals surface area contributed by atoms with Crippen LogP contribution in [0.25, 0.3) is 10.1 Å². The second-order valence-electron chi connectivity index (χ2n) is 4.86. The number of rotatable bonds is 4. The van der Waals surface area contributed by atoms with E-state index < -0.39 is 15.9 Å². The van der Waals surface area contributed by atoms with E-state index in [1.807, 2.05) is 0 Å². The molecule has 2 aromatic carbocycles. The Hall–Kier alpha value is -2.13. The number of hydrogen-bond donors (Lipinski definition) is 3. The molecule has 3 N–H and O–H groups in total. The molecule has 0 fully saturated rings. The third-order valence-electron chi connectivity index (χ3n) is 3.22. The lowest BCUT2D eigenvalue weighted by atomic mass is 10.2. The molecule has 0 atom stereocenters. The highest BCUT2D eigenvalue weighted by atomic mass is 35.5. The summed E-state index contributed by atoms with van der Waals surface area (Å²) in [6, 6.07) is 12.4. The van der Waals surface area contributed by atoms with Gasteiger partial charge in [-0.15, -0.1) is 11.3 Å². The van der Waals surface area contributed by atoms with Crippen molar-refractivity contribution in [1.82, 2.24) is 5.48 Å². The van der Waals surface area contributed by atoms with Crippen molar-refractivity contribution in [3.63, 3.8) is 0 Å². The van der Waals surface area contributed by atoms with E-state index in [0.29, 0.717) is 20.3 Å². The van der Waals surface area contributed by atoms with Gasteiger partial charge in [-0.2, -0.15) is 0 Å². The Labute approximate surface area is 146 Å². The topological polar surface area (TPSA) is 95.5 Å². The summed E-state index contributed by atoms with van der Waals surface area (Å²) in [5.74, 6) is -0.612. The Balaban J connectivity index is 1.92. The van der Waals surface area contributed by atoms with E-state index >= 15 is 0 Å². The zero-order valence-corrected chi connectivity index (χ0v) is 14.4. The van der Waals surface area contributed by atoms with Crippen molar-refractivity contribution < 1.29 is 18.4 Å². The number of amides is 1. The Bertz CT molecular complexity index is 1010. The van der Waals surface area contributed by atoms with E-state index in [4.69, 9.17) is 16.8 Å². The summed E-state index contributed by atoms with van der Waals surface area (Å²) in [6.07, 6.45) is 0. The van der Waals surface area contributed by atoms with Crippen molar-refractivity contribution in [2.75, 3.05) is 4.72 Å². The molecule has 0 bridgehead atoms. The van der Waals surface area contributed by atoms with Gasteiger partial charge in [-0.3, -0.25) is 14.7 Å². The lowest BCUT2D eigenvalue weighted by Crippen LogP contribution is -2.16. The number of anilines is 1. The number of fused-ring (bicyclic) bond motifs is 1. The first-order chi connectivity index (χ1) is 11.4. The molecule has 1 amide bonds. The van der Waals surface area contributed by atoms with Gasteiger partial charge in [0.05, 0.1) is 15.5 Å². The van der Waals surface area contributed by atoms with Gasteiger partial charge in [0.2, 0.25) is 0 Å². The fourth-order valence-corrected chi connectivity index (χ4v) is 4.26. The van der Waals surface area contributed by atoms with Crippen LogP contribution in [0.4, 0.5) is 5.69 Å². The fourth-order valence-electron chi connectivity index (χ4n) is 2.09. The molecule has 6 nitrogen and oxygen atoms in total. The Morgan fingerprint density at radius 2 is 1.79 bits per heavy atom. The van der Waals surface area contributed by atoms with Gasteiger partial charge < -0.3 is 0 Å². The van der Waals surface area contributed by atoms with Crippen LogP contribution in [0.1, 0.15) is 9.67 Å². The lowest BCUT2D eigenvalue weighted by molar-refractivity contribution is 0.0711. The molecule has 0 aliphatic heterocycles. The number of thiophene rings is 1. The van der Waals surface area contributed by atoms with Gasteiger partial charge in [-0.1, -0.05) is 17.7 Å². The van der Waals surface area contributed by atoms with E-state index in [0.717, 1.165) is 16.7 Å². The Kier molecular flexibility index (Phi) is 4.46. The molecule has 0 aliphatic rings. The number of benzene rings is 2. The first-order valence-corrected chi connectivity index (χ1v) is 9.33. The van der Waals surface area contributed by atoms with Crippen LogP contribution in [0.2, 0.25) is 5.02 Å². The second-order valence-corrected chi connectivity index (χ2v) is 8.07. The number of carbonyl (C=O) groups is 1. The number of sulfonamides is 1. The van der Waals surface area contributed by atoms with Crippen LogP contribution in [0.3, 0.4) is 0 Å². The van der Waals surface area contributed by atoms with Gasteiger partial charge in [0, 0.05) is 9.72 Å². The summed E-state index contributed by atoms with van der Waals surface area (Å²) < 4.78 is 27.9. The quantitative estimate of drug-likeness (QED) is 0.475. The SMILES string of the molecule is O=C(NO)c1cc2ccc(NS(=O)(=O)c3ccc(Cl)cc3)cc2s1. The zero-order chi connectivity index (χ0) is 17.3. The molecule has 0 aliphatic carbocycles. The van der Waals surface area contributed by atoms with Crippen molar-refractivity contribution in [2.24, 2.45) is 0 Å². The molecule has 1 aromatic heterocycles. The highest BCUT2D eigenvalue weighted by molar-refractivity contribution is 7.92. The first-order valence-electron chi connectivity index (χ1n) is 6.65. The van der Waals surface area contributed by atoms with E-state index in [2.05, 4.69) is 4.72 Å². The maximum atomic E-state index is 12.4. The van der Waals surface area contributed by atoms with Crippen LogP contribution in [-0.2, 0) is 10.0 Å². The third-order valence-corrected chi connectivity index (χ3v) is 5.97. The zero-order valence-electron chi connectivity index (χ0n) is 12.0. The summed E-state index contributed by atoms with van der Waals surface area (Å²) in [5.41, 5.74) is 1.94. The van der Waals surface area contributed by atoms with Crippen molar-refractivity contribution >= 4 is 54.6 Å². The highest BCUT2D eigenvalue weighted by Crippen LogP contribution is 2.29. The molecular weight excluding hydrogens is 372 g/mol. The molecular formula is C15H11ClN2O4S2. The lowest BCUT2D eigenvalue weighted by Gasteiger charge is -2.08. The van der Waals surface area contributed by atoms with Gasteiger partial charge in [-0.05, 0) is 47.9 Å². The minimum absolute atomic E-state index is 0.0959. The van der Waals surface area contributed by atoms with Crippen LogP contribution >= 0.6 is 22.9 Å². The van der Waals surface area contributed by atoms with Crippen LogP contribution in [-0.4, -0.2) is 19.5 Å². The normalized spacial score (nSPS) is 11.4. The molecule has 9 heteroatoms. The summed E-state index contributed by atoms with van der Waals surface area (Å²) >= 11 is 6.91. The van der Waals surface area contributed by atoms with Crippen LogP contribution in [0.5, 0.6) is 0 Å². The average molecular weight is 383 g/mol. The minimum Gasteiger partial charge on any atom is -0.288 e. The van der Waals surface area contributed by atoms with Crippen LogP contribution in [0.15, 0.2) is 53.4 Å². The van der Waals surface area contributed by atoms with Gasteiger partial charge in [0.15, 0.2) is 0 Å². The maximum Gasteiger partial charge on any atom is 0.284 e. The second kappa shape index (κ2) is 6.40. The maximum absolute atomic E-state index is 12.4. The highest BCUT2D eigenvalue weighted by Gasteiger charge is 2.15. The molecule has 3 rings (SSSR count). The van der Waals surface area contributed by atoms with E-state index in [1.165, 1.54) is 24.3 Å². The molecule has 124 valence electrons. The predicted octanol–water partition coefficient (Wildman–Crippen LogP) is 3.47. The van der Waals surface area contributed by atoms with E-state index in [-0.39, 0.29) is 4.90 Å². The average Bonchev–Trinajstić information content (AvgIpc) is 2.97. The molecule has 0 saturated heterocycles. The molecule has 0 saturated carbocycles. The number of halogens is 1. The van der Waals surface area contributed by atoms with Crippen molar-refractivity contribution in [1.29, 1.82) is 0 Å². The third kappa shape index (κ3) is 3.36. The van der Waals surface area contributed by atoms with Gasteiger partial charge in [0.25, 0.3) is 15.9 Å². The standard InChI is InChI=1S/C15H11ClN2O4S2/c16-10-2-5-12(6-3-10)24(21,22)18-11-4-1-9-7-14(15(19)17-20)23-13(9)8-11/h1-8,18,20H,(H,17,19). The molecule has 0 unspecified atom stereocenters. The first kappa shape index (κ1) is 16.7. The summed E-state index contributed by atoms with van der Waals surface area (Å²) in [7, 11) is -3.74. The summed E-state index contributed by atoms with van der Waals surface area (Å²) in [4.78, 5) is 11.9. The number of nitrogens with one attached hydrogen (secondary N) is 2. The number of carbonyl (C=O) groups excluding carboxylic acids is 1. The largest absolute Gasteiger partial charge is 0.288 e. The molecule has 0 radical (unpaired) electrons. The van der Waals surface area contributed by atoms with Gasteiger partial charge in [0.1, 0.15) is 0 Å². The number of hydroxylamine groups is 1. The Morgan fingerprint density at radius 1 is 1.08 bits per heavy atom. The summed E-state index contributed by atoms with van der Waals surface area (Å²) in [6.45, 7) is 0. The van der Waals surface area contributed by atoms with Crippen molar-refractivity contribution in [3.8, 4) is 0 Å². The monoisotopic (exact) mass is 382 g/mol. The molecule has 1 heterocycles. The van der Waals surface area contributed by atoms with Crippen molar-refractivity contribution in [2.45, 2.75) is 4.90 Å². The van der Waals surface area contributed by atoms with Crippen LogP contribution < -0.4 is 10.2 Å². The van der Waals surface area contributed by atoms with E-state index in [9.17, 15) is 13.2 Å². The van der Waals surface area contributed by atoms with E-state index in [1.54, 1.807) is 29.7 Å². The van der Waals surface area contributed by atoms with Gasteiger partial charge in [-0.25, -0.2) is 13.9 Å².